The van der Waals surface area contributed by atoms with E-state index in [0.717, 1.165) is 6.42 Å². The van der Waals surface area contributed by atoms with Crippen LogP contribution < -0.4 is 9.47 Å². The molecule has 1 saturated carbocycles. The van der Waals surface area contributed by atoms with Gasteiger partial charge in [-0.05, 0) is 30.5 Å². The summed E-state index contributed by atoms with van der Waals surface area (Å²) in [6, 6.07) is 2.90. The quantitative estimate of drug-likeness (QED) is 0.893. The van der Waals surface area contributed by atoms with Gasteiger partial charge in [-0.25, -0.2) is 4.39 Å². The van der Waals surface area contributed by atoms with E-state index in [4.69, 9.17) is 9.47 Å². The van der Waals surface area contributed by atoms with E-state index < -0.39 is 17.2 Å². The predicted molar refractivity (Wildman–Crippen MR) is 65.2 cm³/mol. The highest BCUT2D eigenvalue weighted by Gasteiger charge is 2.46. The number of hydrogen-bond donors (Lipinski definition) is 1. The first-order valence-corrected chi connectivity index (χ1v) is 6.46. The fourth-order valence-corrected chi connectivity index (χ4v) is 2.66. The minimum Gasteiger partial charge on any atom is -0.489 e. The highest BCUT2D eigenvalue weighted by atomic mass is 19.1. The number of rotatable bonds is 2. The van der Waals surface area contributed by atoms with Crippen LogP contribution in [-0.4, -0.2) is 24.3 Å². The Bertz CT molecular complexity index is 522. The number of fused-ring (bicyclic) bond motifs is 1. The van der Waals surface area contributed by atoms with Gasteiger partial charge in [-0.2, -0.15) is 0 Å². The lowest BCUT2D eigenvalue weighted by molar-refractivity contribution is -0.147. The third-order valence-electron chi connectivity index (χ3n) is 3.97. The molecule has 0 atom stereocenters. The Hall–Kier alpha value is -1.78. The first-order chi connectivity index (χ1) is 9.13. The molecule has 3 rings (SSSR count). The van der Waals surface area contributed by atoms with Gasteiger partial charge < -0.3 is 14.6 Å². The summed E-state index contributed by atoms with van der Waals surface area (Å²) >= 11 is 0. The molecule has 0 amide bonds. The topological polar surface area (TPSA) is 55.8 Å². The predicted octanol–water partition coefficient (Wildman–Crippen LogP) is 2.49. The van der Waals surface area contributed by atoms with Crippen molar-refractivity contribution in [1.82, 2.24) is 0 Å². The van der Waals surface area contributed by atoms with E-state index in [1.54, 1.807) is 6.07 Å². The molecule has 0 unspecified atom stereocenters. The number of halogens is 1. The molecule has 1 N–H and O–H groups in total. The Kier molecular flexibility index (Phi) is 2.84. The van der Waals surface area contributed by atoms with Crippen LogP contribution in [0.5, 0.6) is 11.5 Å². The molecule has 1 aliphatic heterocycles. The van der Waals surface area contributed by atoms with E-state index in [1.807, 2.05) is 0 Å². The van der Waals surface area contributed by atoms with Crippen LogP contribution >= 0.6 is 0 Å². The summed E-state index contributed by atoms with van der Waals surface area (Å²) in [7, 11) is 0. The van der Waals surface area contributed by atoms with Gasteiger partial charge in [0.25, 0.3) is 0 Å². The van der Waals surface area contributed by atoms with Crippen molar-refractivity contribution in [1.29, 1.82) is 0 Å². The molecule has 0 aromatic heterocycles. The number of carbonyl (C=O) groups is 1. The lowest BCUT2D eigenvalue weighted by Crippen LogP contribution is -2.42. The van der Waals surface area contributed by atoms with E-state index in [0.29, 0.717) is 43.8 Å². The third-order valence-corrected chi connectivity index (χ3v) is 3.97. The van der Waals surface area contributed by atoms with Gasteiger partial charge in [0.05, 0.1) is 18.6 Å². The summed E-state index contributed by atoms with van der Waals surface area (Å²) < 4.78 is 24.8. The summed E-state index contributed by atoms with van der Waals surface area (Å²) in [5, 5.41) is 9.39. The van der Waals surface area contributed by atoms with Crippen LogP contribution in [0.1, 0.15) is 31.2 Å². The first-order valence-electron chi connectivity index (χ1n) is 6.46. The largest absolute Gasteiger partial charge is 0.489 e. The van der Waals surface area contributed by atoms with Gasteiger partial charge in [0.1, 0.15) is 0 Å². The van der Waals surface area contributed by atoms with Crippen LogP contribution in [0.15, 0.2) is 12.1 Å². The van der Waals surface area contributed by atoms with Gasteiger partial charge in [0.2, 0.25) is 0 Å². The summed E-state index contributed by atoms with van der Waals surface area (Å²) in [4.78, 5) is 11.5. The number of carboxylic acid groups (broad SMARTS) is 1. The normalized spacial score (nSPS) is 20.3. The molecule has 4 nitrogen and oxygen atoms in total. The Morgan fingerprint density at radius 2 is 1.95 bits per heavy atom. The maximum atomic E-state index is 14.1. The van der Waals surface area contributed by atoms with Crippen molar-refractivity contribution in [2.24, 2.45) is 0 Å². The lowest BCUT2D eigenvalue weighted by Gasteiger charge is -2.38. The molecule has 5 heteroatoms. The summed E-state index contributed by atoms with van der Waals surface area (Å²) in [6.07, 6.45) is 2.62. The molecule has 0 saturated heterocycles. The van der Waals surface area contributed by atoms with Crippen molar-refractivity contribution in [2.75, 3.05) is 13.2 Å². The number of benzene rings is 1. The Balaban J connectivity index is 2.06. The van der Waals surface area contributed by atoms with Crippen LogP contribution in [0.2, 0.25) is 0 Å². The minimum atomic E-state index is -0.953. The Morgan fingerprint density at radius 1 is 1.21 bits per heavy atom. The van der Waals surface area contributed by atoms with E-state index in [9.17, 15) is 14.3 Å². The third kappa shape index (κ3) is 1.84. The van der Waals surface area contributed by atoms with Gasteiger partial charge in [0.15, 0.2) is 17.3 Å². The smallest absolute Gasteiger partial charge is 0.314 e. The number of aliphatic carboxylic acids is 1. The van der Waals surface area contributed by atoms with Gasteiger partial charge >= 0.3 is 5.97 Å². The monoisotopic (exact) mass is 266 g/mol. The highest BCUT2D eigenvalue weighted by Crippen LogP contribution is 2.47. The molecule has 1 fully saturated rings. The first kappa shape index (κ1) is 12.3. The van der Waals surface area contributed by atoms with Crippen LogP contribution in [0, 0.1) is 5.82 Å². The molecular weight excluding hydrogens is 251 g/mol. The highest BCUT2D eigenvalue weighted by molar-refractivity contribution is 5.83. The zero-order valence-corrected chi connectivity index (χ0v) is 10.4. The SMILES string of the molecule is O=C(O)C1(c2cc(F)c3c(c2)OCCCO3)CCC1. The van der Waals surface area contributed by atoms with E-state index in [-0.39, 0.29) is 5.75 Å². The molecular formula is C14H15FO4. The van der Waals surface area contributed by atoms with Crippen LogP contribution in [0.4, 0.5) is 4.39 Å². The van der Waals surface area contributed by atoms with E-state index >= 15 is 0 Å². The van der Waals surface area contributed by atoms with Crippen LogP contribution in [-0.2, 0) is 10.2 Å². The standard InChI is InChI=1S/C14H15FO4/c15-10-7-9(14(13(16)17)3-1-4-14)8-11-12(10)19-6-2-5-18-11/h7-8H,1-6H2,(H,16,17). The maximum Gasteiger partial charge on any atom is 0.314 e. The minimum absolute atomic E-state index is 0.0983. The van der Waals surface area contributed by atoms with Gasteiger partial charge in [-0.1, -0.05) is 6.42 Å². The number of hydrogen-bond acceptors (Lipinski definition) is 3. The molecule has 19 heavy (non-hydrogen) atoms. The van der Waals surface area contributed by atoms with Crippen molar-refractivity contribution in [3.8, 4) is 11.5 Å². The van der Waals surface area contributed by atoms with Crippen molar-refractivity contribution in [3.63, 3.8) is 0 Å². The van der Waals surface area contributed by atoms with E-state index in [1.165, 1.54) is 6.07 Å². The lowest BCUT2D eigenvalue weighted by atomic mass is 9.64. The average molecular weight is 266 g/mol. The second kappa shape index (κ2) is 4.40. The molecule has 102 valence electrons. The van der Waals surface area contributed by atoms with Crippen LogP contribution in [0.3, 0.4) is 0 Å². The van der Waals surface area contributed by atoms with Crippen molar-refractivity contribution >= 4 is 5.97 Å². The Labute approximate surface area is 110 Å². The molecule has 2 aliphatic rings. The van der Waals surface area contributed by atoms with E-state index in [2.05, 4.69) is 0 Å². The summed E-state index contributed by atoms with van der Waals surface area (Å²) in [5.74, 6) is -1.02. The van der Waals surface area contributed by atoms with Gasteiger partial charge in [0, 0.05) is 6.42 Å². The summed E-state index contributed by atoms with van der Waals surface area (Å²) in [6.45, 7) is 0.864. The molecule has 0 bridgehead atoms. The van der Waals surface area contributed by atoms with Gasteiger partial charge in [-0.3, -0.25) is 4.79 Å². The molecule has 1 aromatic carbocycles. The van der Waals surface area contributed by atoms with Crippen LogP contribution in [0.25, 0.3) is 0 Å². The molecule has 1 aliphatic carbocycles. The van der Waals surface area contributed by atoms with Crippen molar-refractivity contribution < 1.29 is 23.8 Å². The molecule has 0 radical (unpaired) electrons. The number of ether oxygens (including phenoxy) is 2. The second-order valence-corrected chi connectivity index (χ2v) is 5.08. The molecule has 1 aromatic rings. The fourth-order valence-electron chi connectivity index (χ4n) is 2.66. The molecule has 0 spiro atoms. The van der Waals surface area contributed by atoms with Crippen molar-refractivity contribution in [2.45, 2.75) is 31.1 Å². The molecule has 1 heterocycles. The second-order valence-electron chi connectivity index (χ2n) is 5.08. The Morgan fingerprint density at radius 3 is 2.58 bits per heavy atom. The maximum absolute atomic E-state index is 14.1. The average Bonchev–Trinajstić information content (AvgIpc) is 2.52. The zero-order valence-electron chi connectivity index (χ0n) is 10.4. The van der Waals surface area contributed by atoms with Crippen molar-refractivity contribution in [3.05, 3.63) is 23.5 Å². The van der Waals surface area contributed by atoms with Gasteiger partial charge in [-0.15, -0.1) is 0 Å². The number of carboxylic acids is 1. The zero-order chi connectivity index (χ0) is 13.5. The summed E-state index contributed by atoms with van der Waals surface area (Å²) in [5.41, 5.74) is -0.473. The fraction of sp³-hybridized carbons (Fsp3) is 0.500.